The van der Waals surface area contributed by atoms with Crippen LogP contribution in [0.15, 0.2) is 48.5 Å². The fourth-order valence-corrected chi connectivity index (χ4v) is 1.71. The number of hydrogen-bond donors (Lipinski definition) is 2. The monoisotopic (exact) mass is 332 g/mol. The van der Waals surface area contributed by atoms with Crippen molar-refractivity contribution >= 4 is 17.6 Å². The summed E-state index contributed by atoms with van der Waals surface area (Å²) >= 11 is 0. The van der Waals surface area contributed by atoms with Gasteiger partial charge in [0.2, 0.25) is 0 Å². The Morgan fingerprint density at radius 2 is 1.83 bits per heavy atom. The molecule has 1 amide bonds. The summed E-state index contributed by atoms with van der Waals surface area (Å²) in [5.41, 5.74) is 4.76. The fourth-order valence-electron chi connectivity index (χ4n) is 1.71. The number of ether oxygens (including phenoxy) is 1. The Morgan fingerprint density at radius 1 is 1.21 bits per heavy atom. The highest BCUT2D eigenvalue weighted by Gasteiger charge is 2.16. The van der Waals surface area contributed by atoms with Gasteiger partial charge in [-0.05, 0) is 13.0 Å². The van der Waals surface area contributed by atoms with Crippen LogP contribution in [-0.4, -0.2) is 28.5 Å². The fraction of sp³-hybridized carbons (Fsp3) is 0.125. The molecule has 0 atom stereocenters. The predicted molar refractivity (Wildman–Crippen MR) is 85.8 cm³/mol. The summed E-state index contributed by atoms with van der Waals surface area (Å²) < 4.78 is 4.18. The third kappa shape index (κ3) is 5.41. The second-order valence-corrected chi connectivity index (χ2v) is 4.41. The van der Waals surface area contributed by atoms with E-state index in [0.29, 0.717) is 12.2 Å². The molecule has 0 aliphatic carbocycles. The third-order valence-electron chi connectivity index (χ3n) is 2.76. The van der Waals surface area contributed by atoms with E-state index in [-0.39, 0.29) is 17.0 Å². The van der Waals surface area contributed by atoms with Gasteiger partial charge in [0.1, 0.15) is 5.75 Å². The quantitative estimate of drug-likeness (QED) is 0.502. The van der Waals surface area contributed by atoms with Gasteiger partial charge in [0.15, 0.2) is 5.78 Å². The van der Waals surface area contributed by atoms with Crippen molar-refractivity contribution in [2.45, 2.75) is 6.92 Å². The number of nitrogens with zero attached hydrogens (tertiary/aromatic N) is 1. The SMILES string of the molecule is CCOC(N)=O.O=C(c1ccccc1)c1ccc([N+](=O)[O-])cc1O. The van der Waals surface area contributed by atoms with Crippen molar-refractivity contribution in [3.63, 3.8) is 0 Å². The summed E-state index contributed by atoms with van der Waals surface area (Å²) in [5.74, 6) is -0.763. The van der Waals surface area contributed by atoms with E-state index in [2.05, 4.69) is 10.5 Å². The largest absolute Gasteiger partial charge is 0.507 e. The van der Waals surface area contributed by atoms with Gasteiger partial charge in [0.25, 0.3) is 5.69 Å². The van der Waals surface area contributed by atoms with Gasteiger partial charge in [-0.25, -0.2) is 4.79 Å². The van der Waals surface area contributed by atoms with Crippen molar-refractivity contribution < 1.29 is 24.4 Å². The highest BCUT2D eigenvalue weighted by molar-refractivity contribution is 6.10. The maximum Gasteiger partial charge on any atom is 0.404 e. The number of nitrogens with two attached hydrogens (primary N) is 1. The summed E-state index contributed by atoms with van der Waals surface area (Å²) in [4.78, 5) is 31.5. The Kier molecular flexibility index (Phi) is 6.90. The van der Waals surface area contributed by atoms with Gasteiger partial charge in [-0.2, -0.15) is 0 Å². The lowest BCUT2D eigenvalue weighted by molar-refractivity contribution is -0.384. The number of carbonyl (C=O) groups excluding carboxylic acids is 2. The van der Waals surface area contributed by atoms with Crippen LogP contribution in [-0.2, 0) is 4.74 Å². The molecule has 0 spiro atoms. The number of rotatable bonds is 4. The Hall–Kier alpha value is -3.42. The lowest BCUT2D eigenvalue weighted by Gasteiger charge is -2.03. The molecule has 0 heterocycles. The van der Waals surface area contributed by atoms with E-state index in [1.165, 1.54) is 12.1 Å². The maximum absolute atomic E-state index is 12.0. The third-order valence-corrected chi connectivity index (χ3v) is 2.76. The molecule has 0 saturated heterocycles. The van der Waals surface area contributed by atoms with Gasteiger partial charge in [-0.1, -0.05) is 30.3 Å². The van der Waals surface area contributed by atoms with E-state index in [9.17, 15) is 24.8 Å². The zero-order valence-electron chi connectivity index (χ0n) is 12.8. The lowest BCUT2D eigenvalue weighted by atomic mass is 10.0. The predicted octanol–water partition coefficient (Wildman–Crippen LogP) is 2.63. The number of benzene rings is 2. The molecular formula is C16H16N2O6. The van der Waals surface area contributed by atoms with Crippen LogP contribution in [0.25, 0.3) is 0 Å². The Morgan fingerprint density at radius 3 is 2.25 bits per heavy atom. The number of phenolic OH excluding ortho intramolecular Hbond substituents is 1. The molecule has 3 N–H and O–H groups in total. The molecule has 0 aromatic heterocycles. The molecule has 8 nitrogen and oxygen atoms in total. The molecule has 0 aliphatic heterocycles. The van der Waals surface area contributed by atoms with Gasteiger partial charge in [-0.15, -0.1) is 0 Å². The van der Waals surface area contributed by atoms with Crippen LogP contribution in [0.1, 0.15) is 22.8 Å². The molecule has 2 rings (SSSR count). The van der Waals surface area contributed by atoms with Gasteiger partial charge in [0, 0.05) is 11.6 Å². The van der Waals surface area contributed by atoms with Crippen molar-refractivity contribution in [2.75, 3.05) is 6.61 Å². The molecule has 126 valence electrons. The number of nitro benzene ring substituents is 1. The first-order valence-corrected chi connectivity index (χ1v) is 6.86. The van der Waals surface area contributed by atoms with Gasteiger partial charge >= 0.3 is 6.09 Å². The lowest BCUT2D eigenvalue weighted by Crippen LogP contribution is -2.11. The molecule has 0 unspecified atom stereocenters. The zero-order chi connectivity index (χ0) is 18.1. The topological polar surface area (TPSA) is 133 Å². The number of ketones is 1. The minimum absolute atomic E-state index is 0.0480. The maximum atomic E-state index is 12.0. The Balaban J connectivity index is 0.000000413. The van der Waals surface area contributed by atoms with Crippen molar-refractivity contribution in [3.8, 4) is 5.75 Å². The molecule has 0 saturated carbocycles. The average Bonchev–Trinajstić information content (AvgIpc) is 2.55. The molecule has 2 aromatic carbocycles. The first-order valence-electron chi connectivity index (χ1n) is 6.86. The second kappa shape index (κ2) is 8.89. The zero-order valence-corrected chi connectivity index (χ0v) is 12.8. The van der Waals surface area contributed by atoms with Gasteiger partial charge in [0.05, 0.1) is 23.2 Å². The molecule has 0 fully saturated rings. The van der Waals surface area contributed by atoms with E-state index < -0.39 is 16.8 Å². The number of hydrogen-bond acceptors (Lipinski definition) is 6. The molecule has 0 aliphatic rings. The normalized spacial score (nSPS) is 9.38. The smallest absolute Gasteiger partial charge is 0.404 e. The summed E-state index contributed by atoms with van der Waals surface area (Å²) in [6.07, 6.45) is -0.711. The average molecular weight is 332 g/mol. The summed E-state index contributed by atoms with van der Waals surface area (Å²) in [6, 6.07) is 11.8. The second-order valence-electron chi connectivity index (χ2n) is 4.41. The van der Waals surface area contributed by atoms with Crippen molar-refractivity contribution in [1.82, 2.24) is 0 Å². The van der Waals surface area contributed by atoms with Gasteiger partial charge < -0.3 is 15.6 Å². The summed E-state index contributed by atoms with van der Waals surface area (Å²) in [7, 11) is 0. The van der Waals surface area contributed by atoms with E-state index in [0.717, 1.165) is 6.07 Å². The Labute approximate surface area is 137 Å². The van der Waals surface area contributed by atoms with Crippen molar-refractivity contribution in [3.05, 3.63) is 69.8 Å². The van der Waals surface area contributed by atoms with Crippen LogP contribution in [0.4, 0.5) is 10.5 Å². The number of nitro groups is 1. The summed E-state index contributed by atoms with van der Waals surface area (Å²) in [5, 5.41) is 20.2. The van der Waals surface area contributed by atoms with E-state index in [4.69, 9.17) is 0 Å². The van der Waals surface area contributed by atoms with Crippen LogP contribution in [0.2, 0.25) is 0 Å². The van der Waals surface area contributed by atoms with E-state index in [1.807, 2.05) is 0 Å². The molecule has 0 bridgehead atoms. The van der Waals surface area contributed by atoms with Gasteiger partial charge in [-0.3, -0.25) is 14.9 Å². The minimum atomic E-state index is -0.711. The summed E-state index contributed by atoms with van der Waals surface area (Å²) in [6.45, 7) is 2.06. The standard InChI is InChI=1S/C13H9NO4.C3H7NO2/c15-12-8-10(14(17)18)6-7-11(12)13(16)9-4-2-1-3-5-9;1-2-6-3(4)5/h1-8,15H;2H2,1H3,(H2,4,5). The molecule has 2 aromatic rings. The highest BCUT2D eigenvalue weighted by Crippen LogP contribution is 2.25. The highest BCUT2D eigenvalue weighted by atomic mass is 16.6. The number of aromatic hydroxyl groups is 1. The van der Waals surface area contributed by atoms with Crippen LogP contribution in [0, 0.1) is 10.1 Å². The molecular weight excluding hydrogens is 316 g/mol. The Bertz CT molecular complexity index is 731. The molecule has 24 heavy (non-hydrogen) atoms. The van der Waals surface area contributed by atoms with Crippen LogP contribution in [0.3, 0.4) is 0 Å². The van der Waals surface area contributed by atoms with Crippen molar-refractivity contribution in [2.24, 2.45) is 5.73 Å². The van der Waals surface area contributed by atoms with Crippen molar-refractivity contribution in [1.29, 1.82) is 0 Å². The molecule has 0 radical (unpaired) electrons. The van der Waals surface area contributed by atoms with E-state index in [1.54, 1.807) is 37.3 Å². The van der Waals surface area contributed by atoms with Crippen LogP contribution >= 0.6 is 0 Å². The first kappa shape index (κ1) is 18.6. The number of amides is 1. The number of non-ortho nitro benzene ring substituents is 1. The molecule has 8 heteroatoms. The first-order chi connectivity index (χ1) is 11.4. The number of carbonyl (C=O) groups is 2. The van der Waals surface area contributed by atoms with Crippen LogP contribution < -0.4 is 5.73 Å². The number of phenols is 1. The van der Waals surface area contributed by atoms with Crippen LogP contribution in [0.5, 0.6) is 5.75 Å². The van der Waals surface area contributed by atoms with E-state index >= 15 is 0 Å². The number of primary amides is 1. The minimum Gasteiger partial charge on any atom is -0.507 e.